The smallest absolute Gasteiger partial charge is 0.209 e. The minimum absolute atomic E-state index is 0.110. The Hall–Kier alpha value is -1.31. The van der Waals surface area contributed by atoms with Crippen LogP contribution in [0.25, 0.3) is 0 Å². The summed E-state index contributed by atoms with van der Waals surface area (Å²) in [6, 6.07) is 6.29. The van der Waals surface area contributed by atoms with Crippen molar-refractivity contribution >= 4 is 11.4 Å². The zero-order valence-electron chi connectivity index (χ0n) is 10.1. The molecule has 0 amide bonds. The van der Waals surface area contributed by atoms with E-state index < -0.39 is 0 Å². The van der Waals surface area contributed by atoms with E-state index in [0.717, 1.165) is 5.75 Å². The Balaban J connectivity index is 2.65. The van der Waals surface area contributed by atoms with Crippen LogP contribution in [-0.4, -0.2) is 24.4 Å². The molecule has 0 bridgehead atoms. The van der Waals surface area contributed by atoms with Gasteiger partial charge in [0.1, 0.15) is 12.8 Å². The minimum Gasteiger partial charge on any atom is -0.497 e. The molecule has 2 heteroatoms. The maximum absolute atomic E-state index is 5.28. The SMILES string of the molecule is COc1ccc2c(c1)C(C)(C)C(C)=[N+]2C. The Morgan fingerprint density at radius 1 is 1.27 bits per heavy atom. The molecule has 0 saturated heterocycles. The number of benzene rings is 1. The molecule has 1 heterocycles. The molecule has 0 saturated carbocycles. The maximum atomic E-state index is 5.28. The molecule has 0 unspecified atom stereocenters. The summed E-state index contributed by atoms with van der Waals surface area (Å²) in [4.78, 5) is 0. The molecule has 0 aliphatic carbocycles. The van der Waals surface area contributed by atoms with E-state index >= 15 is 0 Å². The van der Waals surface area contributed by atoms with E-state index in [1.54, 1.807) is 7.11 Å². The van der Waals surface area contributed by atoms with Crippen LogP contribution in [0.2, 0.25) is 0 Å². The Labute approximate surface area is 91.2 Å². The Morgan fingerprint density at radius 2 is 1.93 bits per heavy atom. The molecule has 0 radical (unpaired) electrons. The van der Waals surface area contributed by atoms with Gasteiger partial charge in [-0.05, 0) is 26.0 Å². The van der Waals surface area contributed by atoms with Crippen molar-refractivity contribution in [2.75, 3.05) is 14.2 Å². The van der Waals surface area contributed by atoms with Crippen LogP contribution < -0.4 is 4.74 Å². The predicted octanol–water partition coefficient (Wildman–Crippen LogP) is 2.72. The predicted molar refractivity (Wildman–Crippen MR) is 62.5 cm³/mol. The van der Waals surface area contributed by atoms with Gasteiger partial charge in [-0.25, -0.2) is 4.58 Å². The third kappa shape index (κ3) is 1.28. The van der Waals surface area contributed by atoms with E-state index in [1.165, 1.54) is 17.0 Å². The zero-order chi connectivity index (χ0) is 11.2. The van der Waals surface area contributed by atoms with Crippen LogP contribution in [0.5, 0.6) is 5.75 Å². The summed E-state index contributed by atoms with van der Waals surface area (Å²) in [5, 5.41) is 0. The van der Waals surface area contributed by atoms with E-state index in [1.807, 2.05) is 6.07 Å². The van der Waals surface area contributed by atoms with Crippen molar-refractivity contribution in [1.82, 2.24) is 0 Å². The number of rotatable bonds is 1. The molecule has 80 valence electrons. The average molecular weight is 204 g/mol. The third-order valence-corrected chi connectivity index (χ3v) is 3.65. The fourth-order valence-corrected chi connectivity index (χ4v) is 2.23. The molecular weight excluding hydrogens is 186 g/mol. The van der Waals surface area contributed by atoms with Gasteiger partial charge in [0.15, 0.2) is 5.71 Å². The van der Waals surface area contributed by atoms with Gasteiger partial charge in [-0.3, -0.25) is 0 Å². The van der Waals surface area contributed by atoms with Crippen LogP contribution in [0.15, 0.2) is 18.2 Å². The molecule has 2 rings (SSSR count). The topological polar surface area (TPSA) is 12.2 Å². The lowest BCUT2D eigenvalue weighted by Gasteiger charge is -2.15. The summed E-state index contributed by atoms with van der Waals surface area (Å²) in [6.45, 7) is 6.70. The number of ether oxygens (including phenoxy) is 1. The quantitative estimate of drug-likeness (QED) is 0.641. The van der Waals surface area contributed by atoms with Crippen molar-refractivity contribution in [3.63, 3.8) is 0 Å². The van der Waals surface area contributed by atoms with Crippen LogP contribution in [-0.2, 0) is 5.41 Å². The van der Waals surface area contributed by atoms with Gasteiger partial charge < -0.3 is 4.74 Å². The Bertz CT molecular complexity index is 444. The first-order valence-electron chi connectivity index (χ1n) is 5.24. The van der Waals surface area contributed by atoms with Gasteiger partial charge in [-0.2, -0.15) is 0 Å². The van der Waals surface area contributed by atoms with Crippen LogP contribution in [0, 0.1) is 0 Å². The number of methoxy groups -OCH3 is 1. The van der Waals surface area contributed by atoms with E-state index in [4.69, 9.17) is 4.74 Å². The molecular formula is C13H18NO+. The van der Waals surface area contributed by atoms with Gasteiger partial charge in [0.05, 0.1) is 12.5 Å². The Kier molecular flexibility index (Phi) is 2.10. The molecule has 0 spiro atoms. The first kappa shape index (κ1) is 10.2. The summed E-state index contributed by atoms with van der Waals surface area (Å²) in [6.07, 6.45) is 0. The molecule has 1 aliphatic heterocycles. The number of hydrogen-bond donors (Lipinski definition) is 0. The lowest BCUT2D eigenvalue weighted by atomic mass is 9.82. The van der Waals surface area contributed by atoms with E-state index in [-0.39, 0.29) is 5.41 Å². The van der Waals surface area contributed by atoms with Crippen LogP contribution in [0.4, 0.5) is 5.69 Å². The average Bonchev–Trinajstić information content (AvgIpc) is 2.40. The first-order chi connectivity index (χ1) is 6.98. The lowest BCUT2D eigenvalue weighted by molar-refractivity contribution is -0.403. The van der Waals surface area contributed by atoms with Gasteiger partial charge in [0.25, 0.3) is 0 Å². The number of nitrogens with zero attached hydrogens (tertiary/aromatic N) is 1. The van der Waals surface area contributed by atoms with Gasteiger partial charge >= 0.3 is 0 Å². The van der Waals surface area contributed by atoms with Crippen molar-refractivity contribution in [3.05, 3.63) is 23.8 Å². The molecule has 0 N–H and O–H groups in total. The zero-order valence-corrected chi connectivity index (χ0v) is 10.1. The van der Waals surface area contributed by atoms with Crippen molar-refractivity contribution in [2.24, 2.45) is 0 Å². The lowest BCUT2D eigenvalue weighted by Crippen LogP contribution is -2.25. The van der Waals surface area contributed by atoms with Crippen molar-refractivity contribution in [1.29, 1.82) is 0 Å². The van der Waals surface area contributed by atoms with Crippen LogP contribution in [0.1, 0.15) is 26.3 Å². The molecule has 0 fully saturated rings. The molecule has 1 aromatic rings. The van der Waals surface area contributed by atoms with Crippen LogP contribution >= 0.6 is 0 Å². The van der Waals surface area contributed by atoms with E-state index in [0.29, 0.717) is 0 Å². The van der Waals surface area contributed by atoms with E-state index in [2.05, 4.69) is 44.5 Å². The maximum Gasteiger partial charge on any atom is 0.209 e. The Morgan fingerprint density at radius 3 is 2.53 bits per heavy atom. The summed E-state index contributed by atoms with van der Waals surface area (Å²) in [7, 11) is 3.83. The number of fused-ring (bicyclic) bond motifs is 1. The highest BCUT2D eigenvalue weighted by molar-refractivity contribution is 5.93. The highest BCUT2D eigenvalue weighted by atomic mass is 16.5. The van der Waals surface area contributed by atoms with Crippen molar-refractivity contribution < 1.29 is 9.31 Å². The van der Waals surface area contributed by atoms with Gasteiger partial charge in [0.2, 0.25) is 5.69 Å². The second-order valence-corrected chi connectivity index (χ2v) is 4.65. The normalized spacial score (nSPS) is 17.9. The summed E-state index contributed by atoms with van der Waals surface area (Å²) in [5.41, 5.74) is 4.13. The molecule has 1 aromatic carbocycles. The standard InChI is InChI=1S/C13H18NO/c1-9-13(2,3)11-8-10(15-5)6-7-12(11)14(9)4/h6-8H,1-5H3/q+1. The monoisotopic (exact) mass is 204 g/mol. The van der Waals surface area contributed by atoms with Crippen LogP contribution in [0.3, 0.4) is 0 Å². The fraction of sp³-hybridized carbons (Fsp3) is 0.462. The van der Waals surface area contributed by atoms with Crippen molar-refractivity contribution in [3.8, 4) is 5.75 Å². The van der Waals surface area contributed by atoms with E-state index in [9.17, 15) is 0 Å². The number of hydrogen-bond acceptors (Lipinski definition) is 1. The third-order valence-electron chi connectivity index (χ3n) is 3.65. The largest absolute Gasteiger partial charge is 0.497 e. The van der Waals surface area contributed by atoms with Crippen molar-refractivity contribution in [2.45, 2.75) is 26.2 Å². The van der Waals surface area contributed by atoms with Gasteiger partial charge in [0, 0.05) is 18.6 Å². The molecule has 0 aromatic heterocycles. The summed E-state index contributed by atoms with van der Waals surface area (Å²) in [5.74, 6) is 0.935. The molecule has 0 atom stereocenters. The summed E-state index contributed by atoms with van der Waals surface area (Å²) >= 11 is 0. The molecule has 1 aliphatic rings. The minimum atomic E-state index is 0.110. The van der Waals surface area contributed by atoms with Gasteiger partial charge in [-0.15, -0.1) is 0 Å². The first-order valence-corrected chi connectivity index (χ1v) is 5.24. The van der Waals surface area contributed by atoms with Gasteiger partial charge in [-0.1, -0.05) is 0 Å². The highest BCUT2D eigenvalue weighted by Gasteiger charge is 2.41. The molecule has 2 nitrogen and oxygen atoms in total. The second kappa shape index (κ2) is 3.09. The fourth-order valence-electron chi connectivity index (χ4n) is 2.23. The second-order valence-electron chi connectivity index (χ2n) is 4.65. The highest BCUT2D eigenvalue weighted by Crippen LogP contribution is 2.40. The molecule has 15 heavy (non-hydrogen) atoms. The summed E-state index contributed by atoms with van der Waals surface area (Å²) < 4.78 is 7.53.